The highest BCUT2D eigenvalue weighted by Gasteiger charge is 2.31. The van der Waals surface area contributed by atoms with Gasteiger partial charge < -0.3 is 10.1 Å². The summed E-state index contributed by atoms with van der Waals surface area (Å²) in [6.45, 7) is 14.0. The number of nitrogens with zero attached hydrogens (tertiary/aromatic N) is 1. The highest BCUT2D eigenvalue weighted by Crippen LogP contribution is 2.25. The van der Waals surface area contributed by atoms with Crippen LogP contribution in [-0.2, 0) is 10.2 Å². The van der Waals surface area contributed by atoms with Crippen molar-refractivity contribution in [2.45, 2.75) is 45.3 Å². The van der Waals surface area contributed by atoms with E-state index < -0.39 is 0 Å². The maximum Gasteiger partial charge on any atom is 0.0674 e. The lowest BCUT2D eigenvalue weighted by atomic mass is 9.81. The maximum atomic E-state index is 5.67. The number of hydrogen-bond donors (Lipinski definition) is 1. The molecule has 1 saturated heterocycles. The van der Waals surface area contributed by atoms with Crippen molar-refractivity contribution in [1.82, 2.24) is 10.2 Å². The fourth-order valence-electron chi connectivity index (χ4n) is 3.05. The molecule has 0 saturated carbocycles. The molecule has 0 aromatic heterocycles. The predicted molar refractivity (Wildman–Crippen MR) is 88.8 cm³/mol. The van der Waals surface area contributed by atoms with Gasteiger partial charge in [-0.3, -0.25) is 4.90 Å². The molecule has 0 radical (unpaired) electrons. The molecule has 21 heavy (non-hydrogen) atoms. The molecule has 2 atom stereocenters. The molecular weight excluding hydrogens is 260 g/mol. The van der Waals surface area contributed by atoms with E-state index in [9.17, 15) is 0 Å². The number of nitrogens with one attached hydrogen (secondary N) is 1. The van der Waals surface area contributed by atoms with Crippen LogP contribution in [0.4, 0.5) is 0 Å². The molecule has 0 bridgehead atoms. The molecule has 1 heterocycles. The average molecular weight is 290 g/mol. The second-order valence-electron chi connectivity index (χ2n) is 6.88. The number of hydrogen-bond acceptors (Lipinski definition) is 3. The molecule has 2 unspecified atom stereocenters. The Balaban J connectivity index is 2.11. The highest BCUT2D eigenvalue weighted by atomic mass is 16.5. The second-order valence-corrected chi connectivity index (χ2v) is 6.88. The van der Waals surface area contributed by atoms with Gasteiger partial charge in [-0.25, -0.2) is 0 Å². The van der Waals surface area contributed by atoms with E-state index in [1.54, 1.807) is 0 Å². The minimum atomic E-state index is 0.128. The van der Waals surface area contributed by atoms with Gasteiger partial charge in [0.2, 0.25) is 0 Å². The van der Waals surface area contributed by atoms with Crippen LogP contribution in [0.15, 0.2) is 30.3 Å². The zero-order valence-electron chi connectivity index (χ0n) is 13.9. The Labute approximate surface area is 129 Å². The van der Waals surface area contributed by atoms with Crippen LogP contribution in [0, 0.1) is 0 Å². The summed E-state index contributed by atoms with van der Waals surface area (Å²) in [5.41, 5.74) is 1.54. The van der Waals surface area contributed by atoms with Gasteiger partial charge in [-0.15, -0.1) is 0 Å². The van der Waals surface area contributed by atoms with E-state index in [4.69, 9.17) is 4.74 Å². The first-order valence-corrected chi connectivity index (χ1v) is 8.12. The van der Waals surface area contributed by atoms with Crippen LogP contribution in [0.5, 0.6) is 0 Å². The van der Waals surface area contributed by atoms with Crippen molar-refractivity contribution in [2.75, 3.05) is 32.8 Å². The Morgan fingerprint density at radius 1 is 1.33 bits per heavy atom. The summed E-state index contributed by atoms with van der Waals surface area (Å²) in [6, 6.07) is 11.4. The van der Waals surface area contributed by atoms with Gasteiger partial charge in [0.25, 0.3) is 0 Å². The average Bonchev–Trinajstić information content (AvgIpc) is 2.46. The lowest BCUT2D eigenvalue weighted by Crippen LogP contribution is -2.51. The summed E-state index contributed by atoms with van der Waals surface area (Å²) in [5.74, 6) is 0. The first-order valence-electron chi connectivity index (χ1n) is 8.12. The predicted octanol–water partition coefficient (Wildman–Crippen LogP) is 2.66. The van der Waals surface area contributed by atoms with Crippen LogP contribution in [0.2, 0.25) is 0 Å². The minimum Gasteiger partial charge on any atom is -0.376 e. The normalized spacial score (nSPS) is 23.2. The molecule has 2 rings (SSSR count). The van der Waals surface area contributed by atoms with E-state index in [1.165, 1.54) is 5.56 Å². The largest absolute Gasteiger partial charge is 0.376 e. The number of morpholine rings is 1. The van der Waals surface area contributed by atoms with Crippen LogP contribution in [0.1, 0.15) is 33.3 Å². The van der Waals surface area contributed by atoms with Crippen molar-refractivity contribution in [3.05, 3.63) is 35.9 Å². The smallest absolute Gasteiger partial charge is 0.0674 e. The van der Waals surface area contributed by atoms with Crippen LogP contribution in [0.3, 0.4) is 0 Å². The van der Waals surface area contributed by atoms with Crippen molar-refractivity contribution >= 4 is 0 Å². The fraction of sp³-hybridized carbons (Fsp3) is 0.667. The summed E-state index contributed by atoms with van der Waals surface area (Å²) in [7, 11) is 0. The number of benzene rings is 1. The van der Waals surface area contributed by atoms with E-state index in [1.807, 2.05) is 0 Å². The van der Waals surface area contributed by atoms with Gasteiger partial charge in [-0.05, 0) is 12.5 Å². The number of ether oxygens (including phenoxy) is 1. The summed E-state index contributed by atoms with van der Waals surface area (Å²) in [5, 5.41) is 3.63. The first-order chi connectivity index (χ1) is 9.99. The molecule has 1 N–H and O–H groups in total. The van der Waals surface area contributed by atoms with Gasteiger partial charge in [0.05, 0.1) is 12.7 Å². The lowest BCUT2D eigenvalue weighted by Gasteiger charge is -2.40. The Bertz CT molecular complexity index is 420. The Kier molecular flexibility index (Phi) is 5.80. The molecular formula is C18H30N2O. The van der Waals surface area contributed by atoms with Crippen LogP contribution in [0.25, 0.3) is 0 Å². The summed E-state index contributed by atoms with van der Waals surface area (Å²) in [4.78, 5) is 2.54. The van der Waals surface area contributed by atoms with Crippen LogP contribution >= 0.6 is 0 Å². The third kappa shape index (κ3) is 4.80. The quantitative estimate of drug-likeness (QED) is 0.872. The Morgan fingerprint density at radius 3 is 2.67 bits per heavy atom. The van der Waals surface area contributed by atoms with Gasteiger partial charge in [0.1, 0.15) is 0 Å². The molecule has 0 aliphatic carbocycles. The third-order valence-electron chi connectivity index (χ3n) is 4.27. The second kappa shape index (κ2) is 7.39. The van der Waals surface area contributed by atoms with Crippen molar-refractivity contribution in [3.8, 4) is 0 Å². The Morgan fingerprint density at radius 2 is 2.05 bits per heavy atom. The van der Waals surface area contributed by atoms with Crippen molar-refractivity contribution < 1.29 is 4.74 Å². The summed E-state index contributed by atoms with van der Waals surface area (Å²) >= 11 is 0. The SMILES string of the molecule is CC(C)NCC(C)(CN1CCOC(C)C1)c1ccccc1. The minimum absolute atomic E-state index is 0.128. The third-order valence-corrected chi connectivity index (χ3v) is 4.27. The molecule has 118 valence electrons. The molecule has 3 nitrogen and oxygen atoms in total. The number of rotatable bonds is 6. The van der Waals surface area contributed by atoms with E-state index in [2.05, 4.69) is 68.2 Å². The van der Waals surface area contributed by atoms with Gasteiger partial charge in [-0.1, -0.05) is 51.1 Å². The molecule has 1 fully saturated rings. The first kappa shape index (κ1) is 16.5. The monoisotopic (exact) mass is 290 g/mol. The van der Waals surface area contributed by atoms with Gasteiger partial charge in [0.15, 0.2) is 0 Å². The molecule has 1 aliphatic heterocycles. The van der Waals surface area contributed by atoms with E-state index in [-0.39, 0.29) is 5.41 Å². The van der Waals surface area contributed by atoms with Crippen LogP contribution < -0.4 is 5.32 Å². The van der Waals surface area contributed by atoms with E-state index >= 15 is 0 Å². The van der Waals surface area contributed by atoms with Crippen molar-refractivity contribution in [1.29, 1.82) is 0 Å². The van der Waals surface area contributed by atoms with Crippen LogP contribution in [-0.4, -0.2) is 49.8 Å². The molecule has 0 amide bonds. The molecule has 0 spiro atoms. The van der Waals surface area contributed by atoms with Gasteiger partial charge in [-0.2, -0.15) is 0 Å². The lowest BCUT2D eigenvalue weighted by molar-refractivity contribution is -0.0247. The molecule has 1 aliphatic rings. The Hall–Kier alpha value is -0.900. The van der Waals surface area contributed by atoms with E-state index in [0.717, 1.165) is 32.8 Å². The zero-order valence-corrected chi connectivity index (χ0v) is 13.9. The molecule has 1 aromatic carbocycles. The summed E-state index contributed by atoms with van der Waals surface area (Å²) < 4.78 is 5.67. The van der Waals surface area contributed by atoms with Gasteiger partial charge >= 0.3 is 0 Å². The van der Waals surface area contributed by atoms with Crippen molar-refractivity contribution in [3.63, 3.8) is 0 Å². The molecule has 1 aromatic rings. The van der Waals surface area contributed by atoms with Gasteiger partial charge in [0, 0.05) is 37.6 Å². The molecule has 3 heteroatoms. The zero-order chi connectivity index (χ0) is 15.3. The fourth-order valence-corrected chi connectivity index (χ4v) is 3.05. The topological polar surface area (TPSA) is 24.5 Å². The highest BCUT2D eigenvalue weighted by molar-refractivity contribution is 5.25. The van der Waals surface area contributed by atoms with Crippen molar-refractivity contribution in [2.24, 2.45) is 0 Å². The maximum absolute atomic E-state index is 5.67. The van der Waals surface area contributed by atoms with E-state index in [0.29, 0.717) is 12.1 Å². The standard InChI is InChI=1S/C18H30N2O/c1-15(2)19-13-18(4,17-8-6-5-7-9-17)14-20-10-11-21-16(3)12-20/h5-9,15-16,19H,10-14H2,1-4H3. The summed E-state index contributed by atoms with van der Waals surface area (Å²) in [6.07, 6.45) is 0.344.